The van der Waals surface area contributed by atoms with Gasteiger partial charge in [-0.05, 0) is 36.2 Å². The van der Waals surface area contributed by atoms with Gasteiger partial charge in [-0.1, -0.05) is 37.7 Å². The van der Waals surface area contributed by atoms with Gasteiger partial charge in [-0.25, -0.2) is 4.98 Å². The Hall–Kier alpha value is -2.64. The van der Waals surface area contributed by atoms with Crippen molar-refractivity contribution in [2.45, 2.75) is 36.1 Å². The number of anilines is 1. The van der Waals surface area contributed by atoms with Crippen LogP contribution < -0.4 is 10.6 Å². The molecule has 1 aliphatic heterocycles. The predicted octanol–water partition coefficient (Wildman–Crippen LogP) is 4.91. The Morgan fingerprint density at radius 3 is 2.82 bits per heavy atom. The number of benzene rings is 2. The van der Waals surface area contributed by atoms with E-state index in [4.69, 9.17) is 0 Å². The normalized spacial score (nSPS) is 12.8. The van der Waals surface area contributed by atoms with Gasteiger partial charge in [0, 0.05) is 20.2 Å². The number of hydrogen-bond donors (Lipinski definition) is 2. The summed E-state index contributed by atoms with van der Waals surface area (Å²) in [4.78, 5) is 32.4. The van der Waals surface area contributed by atoms with Crippen molar-refractivity contribution < 1.29 is 9.59 Å². The van der Waals surface area contributed by atoms with Crippen molar-refractivity contribution in [2.24, 2.45) is 0 Å². The molecule has 0 saturated carbocycles. The molecule has 1 aliphatic rings. The third-order valence-corrected chi connectivity index (χ3v) is 6.47. The van der Waals surface area contributed by atoms with Crippen molar-refractivity contribution in [1.29, 1.82) is 0 Å². The van der Waals surface area contributed by atoms with Crippen LogP contribution >= 0.6 is 23.1 Å². The highest BCUT2D eigenvalue weighted by molar-refractivity contribution is 7.99. The minimum atomic E-state index is -0.174. The minimum Gasteiger partial charge on any atom is -0.347 e. The summed E-state index contributed by atoms with van der Waals surface area (Å²) >= 11 is 3.07. The first kappa shape index (κ1) is 18.7. The molecule has 2 N–H and O–H groups in total. The van der Waals surface area contributed by atoms with Gasteiger partial charge in [-0.3, -0.25) is 9.59 Å². The molecule has 0 spiro atoms. The van der Waals surface area contributed by atoms with Gasteiger partial charge in [0.15, 0.2) is 0 Å². The summed E-state index contributed by atoms with van der Waals surface area (Å²) < 4.78 is 0. The average Bonchev–Trinajstić information content (AvgIpc) is 3.11. The van der Waals surface area contributed by atoms with Gasteiger partial charge in [-0.15, -0.1) is 11.3 Å². The first-order valence-electron chi connectivity index (χ1n) is 8.95. The number of hydrogen-bond acceptors (Lipinski definition) is 5. The minimum absolute atomic E-state index is 0.161. The van der Waals surface area contributed by atoms with Crippen LogP contribution in [0, 0.1) is 0 Å². The maximum absolute atomic E-state index is 12.6. The Morgan fingerprint density at radius 2 is 2.00 bits per heavy atom. The molecule has 0 aliphatic carbocycles. The molecule has 1 aromatic heterocycles. The molecule has 0 fully saturated rings. The van der Waals surface area contributed by atoms with Gasteiger partial charge in [-0.2, -0.15) is 0 Å². The van der Waals surface area contributed by atoms with E-state index in [2.05, 4.69) is 29.5 Å². The molecule has 28 heavy (non-hydrogen) atoms. The Morgan fingerprint density at radius 1 is 1.18 bits per heavy atom. The van der Waals surface area contributed by atoms with Gasteiger partial charge in [0.25, 0.3) is 11.8 Å². The standard InChI is InChI=1S/C21H19N3O2S2/c1-12(2)19-18(27-11-23-19)10-22-20(25)13-7-8-17-15(9-13)24-21(26)14-5-3-4-6-16(14)28-17/h3-9,11-12H,10H2,1-2H3,(H,22,25)(H,24,26). The molecule has 0 unspecified atom stereocenters. The van der Waals surface area contributed by atoms with Gasteiger partial charge >= 0.3 is 0 Å². The number of amides is 2. The van der Waals surface area contributed by atoms with Crippen molar-refractivity contribution >= 4 is 40.6 Å². The third-order valence-electron chi connectivity index (χ3n) is 4.47. The van der Waals surface area contributed by atoms with Gasteiger partial charge in [0.05, 0.1) is 29.0 Å². The van der Waals surface area contributed by atoms with Crippen molar-refractivity contribution in [3.63, 3.8) is 0 Å². The lowest BCUT2D eigenvalue weighted by molar-refractivity contribution is 0.0949. The largest absolute Gasteiger partial charge is 0.347 e. The molecule has 0 atom stereocenters. The van der Waals surface area contributed by atoms with E-state index in [1.54, 1.807) is 29.5 Å². The summed E-state index contributed by atoms with van der Waals surface area (Å²) in [6, 6.07) is 12.9. The monoisotopic (exact) mass is 409 g/mol. The van der Waals surface area contributed by atoms with E-state index in [9.17, 15) is 9.59 Å². The second kappa shape index (κ2) is 7.77. The van der Waals surface area contributed by atoms with Gasteiger partial charge in [0.1, 0.15) is 0 Å². The SMILES string of the molecule is CC(C)c1ncsc1CNC(=O)c1ccc2c(c1)NC(=O)c1ccccc1S2. The van der Waals surface area contributed by atoms with E-state index in [0.29, 0.717) is 29.3 Å². The molecule has 4 rings (SSSR count). The Balaban J connectivity index is 1.53. The number of carbonyl (C=O) groups is 2. The van der Waals surface area contributed by atoms with E-state index in [1.165, 1.54) is 11.8 Å². The maximum atomic E-state index is 12.6. The van der Waals surface area contributed by atoms with Crippen LogP contribution in [0.4, 0.5) is 5.69 Å². The topological polar surface area (TPSA) is 71.1 Å². The first-order valence-corrected chi connectivity index (χ1v) is 10.7. The quantitative estimate of drug-likeness (QED) is 0.642. The third kappa shape index (κ3) is 3.68. The van der Waals surface area contributed by atoms with E-state index in [1.807, 2.05) is 29.8 Å². The Kier molecular flexibility index (Phi) is 5.19. The fourth-order valence-corrected chi connectivity index (χ4v) is 4.92. The molecule has 0 bridgehead atoms. The fraction of sp³-hybridized carbons (Fsp3) is 0.190. The van der Waals surface area contributed by atoms with Gasteiger partial charge < -0.3 is 10.6 Å². The van der Waals surface area contributed by atoms with Crippen LogP contribution in [0.25, 0.3) is 0 Å². The summed E-state index contributed by atoms with van der Waals surface area (Å²) in [5.41, 5.74) is 4.64. The lowest BCUT2D eigenvalue weighted by atomic mass is 10.1. The number of aromatic nitrogens is 1. The van der Waals surface area contributed by atoms with E-state index < -0.39 is 0 Å². The maximum Gasteiger partial charge on any atom is 0.256 e. The number of thiazole rings is 1. The number of nitrogens with one attached hydrogen (secondary N) is 2. The van der Waals surface area contributed by atoms with E-state index in [-0.39, 0.29) is 11.8 Å². The van der Waals surface area contributed by atoms with Crippen molar-refractivity contribution in [1.82, 2.24) is 10.3 Å². The lowest BCUT2D eigenvalue weighted by Gasteiger charge is -2.10. The van der Waals surface area contributed by atoms with Crippen LogP contribution in [0.2, 0.25) is 0 Å². The van der Waals surface area contributed by atoms with Crippen LogP contribution in [0.3, 0.4) is 0 Å². The Bertz CT molecular complexity index is 1060. The molecule has 0 radical (unpaired) electrons. The zero-order valence-corrected chi connectivity index (χ0v) is 17.1. The number of rotatable bonds is 4. The van der Waals surface area contributed by atoms with Gasteiger partial charge in [0.2, 0.25) is 0 Å². The molecule has 7 heteroatoms. The zero-order valence-electron chi connectivity index (χ0n) is 15.5. The molecule has 3 aromatic rings. The predicted molar refractivity (Wildman–Crippen MR) is 112 cm³/mol. The van der Waals surface area contributed by atoms with Crippen molar-refractivity contribution in [3.8, 4) is 0 Å². The first-order chi connectivity index (χ1) is 13.5. The van der Waals surface area contributed by atoms with Crippen LogP contribution in [0.15, 0.2) is 57.8 Å². The van der Waals surface area contributed by atoms with Crippen LogP contribution in [0.5, 0.6) is 0 Å². The second-order valence-corrected chi connectivity index (χ2v) is 8.78. The highest BCUT2D eigenvalue weighted by atomic mass is 32.2. The molecule has 2 aromatic carbocycles. The summed E-state index contributed by atoms with van der Waals surface area (Å²) in [6.45, 7) is 4.62. The number of fused-ring (bicyclic) bond motifs is 2. The van der Waals surface area contributed by atoms with Crippen LogP contribution in [0.1, 0.15) is 51.1 Å². The highest BCUT2D eigenvalue weighted by Gasteiger charge is 2.21. The number of nitrogens with zero attached hydrogens (tertiary/aromatic N) is 1. The summed E-state index contributed by atoms with van der Waals surface area (Å²) in [6.07, 6.45) is 0. The van der Waals surface area contributed by atoms with E-state index >= 15 is 0 Å². The molecular formula is C21H19N3O2S2. The van der Waals surface area contributed by atoms with Crippen molar-refractivity contribution in [3.05, 3.63) is 69.7 Å². The average molecular weight is 410 g/mol. The molecular weight excluding hydrogens is 390 g/mol. The molecule has 142 valence electrons. The fourth-order valence-electron chi connectivity index (χ4n) is 3.05. The highest BCUT2D eigenvalue weighted by Crippen LogP contribution is 2.39. The lowest BCUT2D eigenvalue weighted by Crippen LogP contribution is -2.23. The summed E-state index contributed by atoms with van der Waals surface area (Å²) in [5, 5.41) is 5.88. The molecule has 5 nitrogen and oxygen atoms in total. The molecule has 2 heterocycles. The second-order valence-electron chi connectivity index (χ2n) is 6.76. The Labute approximate surface area is 171 Å². The summed E-state index contributed by atoms with van der Waals surface area (Å²) in [5.74, 6) is -0.0166. The zero-order chi connectivity index (χ0) is 19.7. The molecule has 0 saturated heterocycles. The smallest absolute Gasteiger partial charge is 0.256 e. The summed E-state index contributed by atoms with van der Waals surface area (Å²) in [7, 11) is 0. The molecule has 2 amide bonds. The van der Waals surface area contributed by atoms with E-state index in [0.717, 1.165) is 20.4 Å². The van der Waals surface area contributed by atoms with Crippen LogP contribution in [-0.4, -0.2) is 16.8 Å². The van der Waals surface area contributed by atoms with Crippen LogP contribution in [-0.2, 0) is 6.54 Å². The number of carbonyl (C=O) groups excluding carboxylic acids is 2. The van der Waals surface area contributed by atoms with Crippen molar-refractivity contribution in [2.75, 3.05) is 5.32 Å².